The fourth-order valence-electron chi connectivity index (χ4n) is 3.24. The van der Waals surface area contributed by atoms with Crippen molar-refractivity contribution in [3.05, 3.63) is 87.4 Å². The lowest BCUT2D eigenvalue weighted by Crippen LogP contribution is -2.33. The zero-order valence-corrected chi connectivity index (χ0v) is 19.1. The maximum absolute atomic E-state index is 12.9. The summed E-state index contributed by atoms with van der Waals surface area (Å²) in [4.78, 5) is 35.9. The van der Waals surface area contributed by atoms with Crippen molar-refractivity contribution in [2.75, 3.05) is 18.5 Å². The van der Waals surface area contributed by atoms with Crippen molar-refractivity contribution in [2.24, 2.45) is 0 Å². The third-order valence-corrected chi connectivity index (χ3v) is 6.32. The maximum Gasteiger partial charge on any atom is 0.273 e. The van der Waals surface area contributed by atoms with E-state index in [9.17, 15) is 9.59 Å². The second-order valence-electron chi connectivity index (χ2n) is 7.39. The van der Waals surface area contributed by atoms with Crippen LogP contribution in [-0.2, 0) is 24.3 Å². The minimum Gasteiger partial charge on any atom is -0.354 e. The van der Waals surface area contributed by atoms with Gasteiger partial charge in [-0.25, -0.2) is 4.98 Å². The van der Waals surface area contributed by atoms with Gasteiger partial charge in [0.25, 0.3) is 5.56 Å². The highest BCUT2D eigenvalue weighted by atomic mass is 35.5. The Kier molecular flexibility index (Phi) is 6.82. The monoisotopic (exact) mass is 467 g/mol. The first-order valence-corrected chi connectivity index (χ1v) is 11.3. The Hall–Kier alpha value is -3.23. The third kappa shape index (κ3) is 5.33. The Labute approximate surface area is 194 Å². The smallest absolute Gasteiger partial charge is 0.273 e. The molecule has 0 unspecified atom stereocenters. The van der Waals surface area contributed by atoms with Gasteiger partial charge in [-0.1, -0.05) is 65.4 Å². The first kappa shape index (κ1) is 22.0. The van der Waals surface area contributed by atoms with Crippen molar-refractivity contribution in [1.82, 2.24) is 19.9 Å². The van der Waals surface area contributed by atoms with Crippen molar-refractivity contribution in [3.63, 3.8) is 0 Å². The van der Waals surface area contributed by atoms with E-state index in [0.29, 0.717) is 40.0 Å². The summed E-state index contributed by atoms with van der Waals surface area (Å²) in [5, 5.41) is 4.23. The average molecular weight is 468 g/mol. The molecule has 0 saturated heterocycles. The molecule has 0 saturated carbocycles. The van der Waals surface area contributed by atoms with Gasteiger partial charge in [0, 0.05) is 25.2 Å². The summed E-state index contributed by atoms with van der Waals surface area (Å²) >= 11 is 7.17. The van der Waals surface area contributed by atoms with Gasteiger partial charge in [0.1, 0.15) is 17.6 Å². The van der Waals surface area contributed by atoms with Crippen LogP contribution in [0.1, 0.15) is 11.1 Å². The van der Waals surface area contributed by atoms with Crippen molar-refractivity contribution < 1.29 is 4.79 Å². The molecule has 0 aliphatic rings. The number of nitrogens with zero attached hydrogens (tertiary/aromatic N) is 4. The van der Waals surface area contributed by atoms with Gasteiger partial charge in [0.2, 0.25) is 5.91 Å². The van der Waals surface area contributed by atoms with E-state index in [4.69, 9.17) is 11.6 Å². The topological polar surface area (TPSA) is 80.1 Å². The Morgan fingerprint density at radius 3 is 2.62 bits per heavy atom. The lowest BCUT2D eigenvalue weighted by molar-refractivity contribution is -0.121. The van der Waals surface area contributed by atoms with E-state index in [1.165, 1.54) is 22.2 Å². The molecular formula is C23H22ClN5O2S. The number of carbonyl (C=O) groups is 1. The second-order valence-corrected chi connectivity index (χ2v) is 8.81. The van der Waals surface area contributed by atoms with Crippen LogP contribution in [0, 0.1) is 0 Å². The molecule has 2 aromatic carbocycles. The van der Waals surface area contributed by atoms with Gasteiger partial charge in [-0.2, -0.15) is 4.98 Å². The number of aromatic nitrogens is 3. The summed E-state index contributed by atoms with van der Waals surface area (Å²) in [5.74, 6) is -0.242. The third-order valence-electron chi connectivity index (χ3n) is 4.92. The van der Waals surface area contributed by atoms with E-state index in [1.54, 1.807) is 0 Å². The fourth-order valence-corrected chi connectivity index (χ4v) is 4.30. The number of amides is 1. The first-order valence-electron chi connectivity index (χ1n) is 10.1. The number of thiazole rings is 1. The lowest BCUT2D eigenvalue weighted by atomic mass is 10.1. The Morgan fingerprint density at radius 2 is 1.88 bits per heavy atom. The summed E-state index contributed by atoms with van der Waals surface area (Å²) in [5.41, 5.74) is 2.36. The van der Waals surface area contributed by atoms with Gasteiger partial charge in [0.05, 0.1) is 0 Å². The van der Waals surface area contributed by atoms with Crippen LogP contribution < -0.4 is 15.8 Å². The van der Waals surface area contributed by atoms with Gasteiger partial charge >= 0.3 is 0 Å². The van der Waals surface area contributed by atoms with Gasteiger partial charge < -0.3 is 10.2 Å². The SMILES string of the molecule is CN(Cc1ccccc1)c1nc2ncn(CC(=O)NCCc3ccc(Cl)cc3)c(=O)c2s1. The number of halogens is 1. The van der Waals surface area contributed by atoms with Crippen molar-refractivity contribution in [1.29, 1.82) is 0 Å². The summed E-state index contributed by atoms with van der Waals surface area (Å²) in [7, 11) is 1.93. The molecule has 7 nitrogen and oxygen atoms in total. The minimum absolute atomic E-state index is 0.0878. The second kappa shape index (κ2) is 9.93. The summed E-state index contributed by atoms with van der Waals surface area (Å²) in [6.07, 6.45) is 2.06. The molecule has 2 heterocycles. The van der Waals surface area contributed by atoms with E-state index in [1.807, 2.05) is 66.5 Å². The van der Waals surface area contributed by atoms with Crippen LogP contribution in [0.3, 0.4) is 0 Å². The van der Waals surface area contributed by atoms with Crippen LogP contribution in [0.25, 0.3) is 10.3 Å². The molecule has 32 heavy (non-hydrogen) atoms. The van der Waals surface area contributed by atoms with Crippen LogP contribution in [0.4, 0.5) is 5.13 Å². The number of carbonyl (C=O) groups excluding carboxylic acids is 1. The van der Waals surface area contributed by atoms with Gasteiger partial charge in [-0.05, 0) is 29.7 Å². The molecule has 0 aliphatic heterocycles. The molecule has 1 N–H and O–H groups in total. The van der Waals surface area contributed by atoms with Gasteiger partial charge in [-0.3, -0.25) is 14.2 Å². The molecule has 0 bridgehead atoms. The van der Waals surface area contributed by atoms with E-state index in [-0.39, 0.29) is 18.0 Å². The number of hydrogen-bond donors (Lipinski definition) is 1. The van der Waals surface area contributed by atoms with E-state index >= 15 is 0 Å². The maximum atomic E-state index is 12.9. The molecule has 4 aromatic rings. The zero-order chi connectivity index (χ0) is 22.5. The van der Waals surface area contributed by atoms with Crippen LogP contribution in [-0.4, -0.2) is 34.0 Å². The predicted molar refractivity (Wildman–Crippen MR) is 128 cm³/mol. The Balaban J connectivity index is 1.40. The van der Waals surface area contributed by atoms with E-state index in [0.717, 1.165) is 11.1 Å². The molecule has 164 valence electrons. The van der Waals surface area contributed by atoms with Crippen molar-refractivity contribution in [3.8, 4) is 0 Å². The van der Waals surface area contributed by atoms with Crippen molar-refractivity contribution >= 4 is 44.3 Å². The Bertz CT molecular complexity index is 1270. The first-order chi connectivity index (χ1) is 15.5. The van der Waals surface area contributed by atoms with Crippen LogP contribution in [0.5, 0.6) is 0 Å². The number of fused-ring (bicyclic) bond motifs is 1. The number of rotatable bonds is 8. The molecule has 0 spiro atoms. The fraction of sp³-hybridized carbons (Fsp3) is 0.217. The molecule has 1 amide bonds. The molecule has 0 aliphatic carbocycles. The number of nitrogens with one attached hydrogen (secondary N) is 1. The normalized spacial score (nSPS) is 10.9. The van der Waals surface area contributed by atoms with Crippen LogP contribution in [0.2, 0.25) is 5.02 Å². The number of anilines is 1. The zero-order valence-electron chi connectivity index (χ0n) is 17.5. The molecule has 4 rings (SSSR count). The molecule has 0 atom stereocenters. The van der Waals surface area contributed by atoms with Crippen LogP contribution >= 0.6 is 22.9 Å². The Morgan fingerprint density at radius 1 is 1.12 bits per heavy atom. The lowest BCUT2D eigenvalue weighted by Gasteiger charge is -2.15. The van der Waals surface area contributed by atoms with Crippen molar-refractivity contribution in [2.45, 2.75) is 19.5 Å². The highest BCUT2D eigenvalue weighted by molar-refractivity contribution is 7.22. The number of hydrogen-bond acceptors (Lipinski definition) is 6. The molecule has 2 aromatic heterocycles. The average Bonchev–Trinajstić information content (AvgIpc) is 3.23. The predicted octanol–water partition coefficient (Wildman–Crippen LogP) is 3.50. The van der Waals surface area contributed by atoms with Gasteiger partial charge in [0.15, 0.2) is 10.8 Å². The molecule has 9 heteroatoms. The summed E-state index contributed by atoms with van der Waals surface area (Å²) in [6.45, 7) is 1.06. The largest absolute Gasteiger partial charge is 0.354 e. The number of benzene rings is 2. The van der Waals surface area contributed by atoms with Gasteiger partial charge in [-0.15, -0.1) is 0 Å². The van der Waals surface area contributed by atoms with Crippen LogP contribution in [0.15, 0.2) is 65.7 Å². The quantitative estimate of drug-likeness (QED) is 0.429. The standard InChI is InChI=1S/C23H22ClN5O2S/c1-28(13-17-5-3-2-4-6-17)23-27-21-20(32-23)22(31)29(15-26-21)14-19(30)25-12-11-16-7-9-18(24)10-8-16/h2-10,15H,11-14H2,1H3,(H,25,30). The highest BCUT2D eigenvalue weighted by Gasteiger charge is 2.15. The van der Waals surface area contributed by atoms with E-state index in [2.05, 4.69) is 15.3 Å². The highest BCUT2D eigenvalue weighted by Crippen LogP contribution is 2.25. The molecular weight excluding hydrogens is 446 g/mol. The minimum atomic E-state index is -0.264. The van der Waals surface area contributed by atoms with E-state index < -0.39 is 0 Å². The summed E-state index contributed by atoms with van der Waals surface area (Å²) in [6, 6.07) is 17.5. The molecule has 0 radical (unpaired) electrons. The molecule has 0 fully saturated rings. The summed E-state index contributed by atoms with van der Waals surface area (Å²) < 4.78 is 1.76.